The van der Waals surface area contributed by atoms with E-state index in [0.717, 1.165) is 5.66 Å². The van der Waals surface area contributed by atoms with Crippen LogP contribution in [0, 0.1) is 5.92 Å². The van der Waals surface area contributed by atoms with E-state index < -0.39 is 0 Å². The molecule has 21 heavy (non-hydrogen) atoms. The highest BCUT2D eigenvalue weighted by atomic mass is 31.1. The second kappa shape index (κ2) is 7.23. The summed E-state index contributed by atoms with van der Waals surface area (Å²) in [5.41, 5.74) is 0.757. The minimum Gasteiger partial charge on any atom is -0.0647 e. The summed E-state index contributed by atoms with van der Waals surface area (Å²) in [6, 6.07) is 22.4. The molecule has 0 saturated heterocycles. The third-order valence-electron chi connectivity index (χ3n) is 4.48. The van der Waals surface area contributed by atoms with E-state index in [1.807, 2.05) is 5.92 Å². The molecule has 0 nitrogen and oxygen atoms in total. The smallest absolute Gasteiger partial charge is 0.00693 e. The molecule has 3 rings (SSSR count). The maximum atomic E-state index is 2.37. The van der Waals surface area contributed by atoms with Gasteiger partial charge in [-0.1, -0.05) is 80.4 Å². The number of benzene rings is 2. The van der Waals surface area contributed by atoms with Gasteiger partial charge in [-0.2, -0.15) is 0 Å². The normalized spacial score (nSPS) is 17.2. The number of hydrogen-bond donors (Lipinski definition) is 0. The van der Waals surface area contributed by atoms with Crippen LogP contribution in [0.4, 0.5) is 0 Å². The molecular formula is C20H24P. The predicted octanol–water partition coefficient (Wildman–Crippen LogP) is 5.05. The molecular weight excluding hydrogens is 271 g/mol. The van der Waals surface area contributed by atoms with Gasteiger partial charge in [0.1, 0.15) is 0 Å². The van der Waals surface area contributed by atoms with Gasteiger partial charge in [-0.3, -0.25) is 0 Å². The van der Waals surface area contributed by atoms with E-state index >= 15 is 0 Å². The highest BCUT2D eigenvalue weighted by Gasteiger charge is 2.32. The molecule has 2 aromatic carbocycles. The van der Waals surface area contributed by atoms with E-state index in [1.165, 1.54) is 42.7 Å². The third kappa shape index (κ3) is 3.38. The first-order chi connectivity index (χ1) is 10.4. The molecule has 0 heterocycles. The molecule has 1 aliphatic rings. The van der Waals surface area contributed by atoms with Gasteiger partial charge in [0.05, 0.1) is 0 Å². The minimum absolute atomic E-state index is 0.262. The van der Waals surface area contributed by atoms with Gasteiger partial charge in [-0.15, -0.1) is 0 Å². The molecule has 0 bridgehead atoms. The van der Waals surface area contributed by atoms with Crippen LogP contribution in [0.2, 0.25) is 0 Å². The van der Waals surface area contributed by atoms with Crippen molar-refractivity contribution in [3.8, 4) is 0 Å². The highest BCUT2D eigenvalue weighted by Crippen LogP contribution is 2.49. The van der Waals surface area contributed by atoms with Gasteiger partial charge in [0.25, 0.3) is 0 Å². The summed E-state index contributed by atoms with van der Waals surface area (Å²) in [5.74, 6) is 1.83. The van der Waals surface area contributed by atoms with Crippen LogP contribution < -0.4 is 10.6 Å². The topological polar surface area (TPSA) is 0 Å². The Bertz CT molecular complexity index is 489. The van der Waals surface area contributed by atoms with Crippen molar-refractivity contribution in [2.75, 3.05) is 0 Å². The average molecular weight is 295 g/mol. The molecule has 1 radical (unpaired) electrons. The van der Waals surface area contributed by atoms with Crippen LogP contribution in [0.1, 0.15) is 39.0 Å². The van der Waals surface area contributed by atoms with Gasteiger partial charge in [0, 0.05) is 0 Å². The molecule has 0 aliphatic heterocycles. The molecule has 1 unspecified atom stereocenters. The lowest BCUT2D eigenvalue weighted by molar-refractivity contribution is 0.752. The first kappa shape index (κ1) is 14.8. The van der Waals surface area contributed by atoms with Crippen molar-refractivity contribution in [2.24, 2.45) is 0 Å². The maximum absolute atomic E-state index is 2.37. The fraction of sp³-hybridized carbons (Fsp3) is 0.350. The van der Waals surface area contributed by atoms with Crippen LogP contribution in [0.3, 0.4) is 0 Å². The monoisotopic (exact) mass is 295 g/mol. The largest absolute Gasteiger partial charge is 0.0647 e. The lowest BCUT2D eigenvalue weighted by Crippen LogP contribution is -2.25. The van der Waals surface area contributed by atoms with E-state index in [1.54, 1.807) is 0 Å². The van der Waals surface area contributed by atoms with Crippen LogP contribution in [-0.2, 0) is 0 Å². The summed E-state index contributed by atoms with van der Waals surface area (Å²) < 4.78 is 0. The van der Waals surface area contributed by atoms with Crippen molar-refractivity contribution in [1.82, 2.24) is 0 Å². The van der Waals surface area contributed by atoms with E-state index in [9.17, 15) is 0 Å². The summed E-state index contributed by atoms with van der Waals surface area (Å²) in [5, 5.41) is 3.06. The van der Waals surface area contributed by atoms with Crippen molar-refractivity contribution in [3.63, 3.8) is 0 Å². The predicted molar refractivity (Wildman–Crippen MR) is 94.9 cm³/mol. The Labute approximate surface area is 130 Å². The van der Waals surface area contributed by atoms with Gasteiger partial charge in [0.2, 0.25) is 0 Å². The lowest BCUT2D eigenvalue weighted by atomic mass is 10.0. The van der Waals surface area contributed by atoms with Crippen molar-refractivity contribution in [3.05, 3.63) is 66.6 Å². The first-order valence-corrected chi connectivity index (χ1v) is 9.55. The fourth-order valence-electron chi connectivity index (χ4n) is 3.50. The Morgan fingerprint density at radius 3 is 1.71 bits per heavy atom. The molecule has 0 amide bonds. The summed E-state index contributed by atoms with van der Waals surface area (Å²) in [7, 11) is -0.262. The molecule has 1 atom stereocenters. The quantitative estimate of drug-likeness (QED) is 0.677. The zero-order chi connectivity index (χ0) is 14.5. The summed E-state index contributed by atoms with van der Waals surface area (Å²) in [6.07, 6.45) is 6.79. The van der Waals surface area contributed by atoms with Gasteiger partial charge < -0.3 is 0 Å². The van der Waals surface area contributed by atoms with Crippen LogP contribution >= 0.6 is 7.92 Å². The molecule has 0 spiro atoms. The molecule has 1 saturated carbocycles. The maximum Gasteiger partial charge on any atom is -0.00693 e. The van der Waals surface area contributed by atoms with Gasteiger partial charge in [-0.05, 0) is 49.4 Å². The van der Waals surface area contributed by atoms with Crippen molar-refractivity contribution >= 4 is 18.5 Å². The summed E-state index contributed by atoms with van der Waals surface area (Å²) in [6.45, 7) is 2.37. The van der Waals surface area contributed by atoms with Gasteiger partial charge >= 0.3 is 0 Å². The van der Waals surface area contributed by atoms with Crippen LogP contribution in [-0.4, -0.2) is 5.66 Å². The molecule has 1 heteroatoms. The minimum atomic E-state index is -0.262. The van der Waals surface area contributed by atoms with Gasteiger partial charge in [-0.25, -0.2) is 0 Å². The Balaban J connectivity index is 1.98. The standard InChI is InChI=1S/C20H24P/c1-2-20(17-11-9-10-12-17)21(18-13-5-3-6-14-18)19-15-7-4-8-16-19/h3-8,13-16,20H,2,9-12H2,1H3. The first-order valence-electron chi connectivity index (χ1n) is 8.14. The number of rotatable bonds is 5. The van der Waals surface area contributed by atoms with Crippen LogP contribution in [0.15, 0.2) is 60.7 Å². The second-order valence-electron chi connectivity index (χ2n) is 5.83. The molecule has 1 aliphatic carbocycles. The van der Waals surface area contributed by atoms with Crippen LogP contribution in [0.5, 0.6) is 0 Å². The lowest BCUT2D eigenvalue weighted by Gasteiger charge is -2.32. The van der Waals surface area contributed by atoms with E-state index in [0.29, 0.717) is 0 Å². The molecule has 0 N–H and O–H groups in total. The average Bonchev–Trinajstić information content (AvgIpc) is 3.08. The Hall–Kier alpha value is -1.13. The van der Waals surface area contributed by atoms with Crippen molar-refractivity contribution < 1.29 is 0 Å². The SMILES string of the molecule is CCC([C]1CCCC1)P(c1ccccc1)c1ccccc1. The summed E-state index contributed by atoms with van der Waals surface area (Å²) >= 11 is 0. The highest BCUT2D eigenvalue weighted by molar-refractivity contribution is 7.73. The van der Waals surface area contributed by atoms with E-state index in [-0.39, 0.29) is 7.92 Å². The zero-order valence-electron chi connectivity index (χ0n) is 12.8. The van der Waals surface area contributed by atoms with Crippen molar-refractivity contribution in [1.29, 1.82) is 0 Å². The Kier molecular flexibility index (Phi) is 5.09. The zero-order valence-corrected chi connectivity index (χ0v) is 13.7. The number of hydrogen-bond acceptors (Lipinski definition) is 0. The Morgan fingerprint density at radius 2 is 1.29 bits per heavy atom. The Morgan fingerprint density at radius 1 is 0.810 bits per heavy atom. The van der Waals surface area contributed by atoms with Gasteiger partial charge in [0.15, 0.2) is 0 Å². The van der Waals surface area contributed by atoms with Crippen molar-refractivity contribution in [2.45, 2.75) is 44.7 Å². The molecule has 109 valence electrons. The summed E-state index contributed by atoms with van der Waals surface area (Å²) in [4.78, 5) is 0. The molecule has 1 fully saturated rings. The second-order valence-corrected chi connectivity index (χ2v) is 8.23. The molecule has 2 aromatic rings. The third-order valence-corrected chi connectivity index (χ3v) is 7.55. The van der Waals surface area contributed by atoms with Crippen LogP contribution in [0.25, 0.3) is 0 Å². The molecule has 0 aromatic heterocycles. The van der Waals surface area contributed by atoms with E-state index in [4.69, 9.17) is 0 Å². The fourth-order valence-corrected chi connectivity index (χ4v) is 6.50. The van der Waals surface area contributed by atoms with E-state index in [2.05, 4.69) is 67.6 Å².